The Bertz CT molecular complexity index is 688. The Morgan fingerprint density at radius 2 is 2.10 bits per heavy atom. The lowest BCUT2D eigenvalue weighted by Gasteiger charge is -2.10. The molecule has 5 heteroatoms. The third-order valence-electron chi connectivity index (χ3n) is 3.22. The topological polar surface area (TPSA) is 33.6 Å². The number of ether oxygens (including phenoxy) is 1. The van der Waals surface area contributed by atoms with Gasteiger partial charge in [-0.15, -0.1) is 0 Å². The molecule has 0 atom stereocenters. The Labute approximate surface area is 131 Å². The third kappa shape index (κ3) is 3.24. The molecule has 1 aliphatic rings. The highest BCUT2D eigenvalue weighted by atomic mass is 79.9. The van der Waals surface area contributed by atoms with E-state index >= 15 is 0 Å². The lowest BCUT2D eigenvalue weighted by atomic mass is 10.2. The van der Waals surface area contributed by atoms with Gasteiger partial charge in [0.1, 0.15) is 12.4 Å². The molecular weight excluding hydrogens is 335 g/mol. The van der Waals surface area contributed by atoms with Gasteiger partial charge in [0.25, 0.3) is 0 Å². The summed E-state index contributed by atoms with van der Waals surface area (Å²) in [6.07, 6.45) is 0. The highest BCUT2D eigenvalue weighted by Gasteiger charge is 2.12. The van der Waals surface area contributed by atoms with Gasteiger partial charge in [-0.05, 0) is 24.3 Å². The van der Waals surface area contributed by atoms with Gasteiger partial charge in [-0.2, -0.15) is 0 Å². The Morgan fingerprint density at radius 1 is 1.24 bits per heavy atom. The van der Waals surface area contributed by atoms with Gasteiger partial charge in [-0.1, -0.05) is 34.1 Å². The smallest absolute Gasteiger partial charge is 0.165 e. The van der Waals surface area contributed by atoms with Gasteiger partial charge in [0.05, 0.1) is 6.54 Å². The number of rotatable bonds is 4. The number of nitrogens with one attached hydrogen (secondary N) is 1. The molecule has 0 fully saturated rings. The molecule has 0 unspecified atom stereocenters. The van der Waals surface area contributed by atoms with Gasteiger partial charge in [-0.3, -0.25) is 4.99 Å². The molecule has 0 saturated heterocycles. The van der Waals surface area contributed by atoms with Crippen LogP contribution in [-0.4, -0.2) is 18.9 Å². The number of aliphatic imine (C=N–C) groups is 1. The molecule has 1 heterocycles. The minimum atomic E-state index is -0.379. The zero-order chi connectivity index (χ0) is 14.7. The van der Waals surface area contributed by atoms with E-state index < -0.39 is 0 Å². The van der Waals surface area contributed by atoms with Crippen molar-refractivity contribution in [3.63, 3.8) is 0 Å². The van der Waals surface area contributed by atoms with Crippen LogP contribution in [-0.2, 0) is 6.61 Å². The lowest BCUT2D eigenvalue weighted by molar-refractivity contribution is 0.289. The molecule has 3 nitrogen and oxygen atoms in total. The maximum absolute atomic E-state index is 14.1. The van der Waals surface area contributed by atoms with Gasteiger partial charge in [0.2, 0.25) is 0 Å². The Kier molecular flexibility index (Phi) is 4.20. The van der Waals surface area contributed by atoms with Crippen molar-refractivity contribution in [1.82, 2.24) is 5.32 Å². The van der Waals surface area contributed by atoms with Crippen LogP contribution in [0.3, 0.4) is 0 Å². The van der Waals surface area contributed by atoms with E-state index in [0.29, 0.717) is 6.61 Å². The molecule has 0 radical (unpaired) electrons. The highest BCUT2D eigenvalue weighted by Crippen LogP contribution is 2.22. The van der Waals surface area contributed by atoms with E-state index in [1.165, 1.54) is 6.07 Å². The van der Waals surface area contributed by atoms with E-state index in [4.69, 9.17) is 4.74 Å². The van der Waals surface area contributed by atoms with Gasteiger partial charge in [0.15, 0.2) is 11.6 Å². The first kappa shape index (κ1) is 14.1. The van der Waals surface area contributed by atoms with E-state index in [2.05, 4.69) is 26.2 Å². The first-order valence-electron chi connectivity index (χ1n) is 6.68. The molecule has 1 aliphatic heterocycles. The van der Waals surface area contributed by atoms with Crippen molar-refractivity contribution in [2.45, 2.75) is 6.61 Å². The number of hydrogen-bond acceptors (Lipinski definition) is 3. The van der Waals surface area contributed by atoms with Crippen molar-refractivity contribution in [1.29, 1.82) is 0 Å². The monoisotopic (exact) mass is 348 g/mol. The standard InChI is InChI=1S/C16H14BrFN2O/c17-13-4-2-1-3-12(13)10-21-15-6-5-11(9-14(15)18)16-19-7-8-20-16/h1-6,9H,7-8,10H2,(H,19,20). The maximum atomic E-state index is 14.1. The molecule has 21 heavy (non-hydrogen) atoms. The number of halogens is 2. The van der Waals surface area contributed by atoms with E-state index in [1.54, 1.807) is 6.07 Å². The van der Waals surface area contributed by atoms with Crippen molar-refractivity contribution < 1.29 is 9.13 Å². The van der Waals surface area contributed by atoms with Gasteiger partial charge < -0.3 is 10.1 Å². The Balaban J connectivity index is 1.73. The fourth-order valence-corrected chi connectivity index (χ4v) is 2.53. The summed E-state index contributed by atoms with van der Waals surface area (Å²) in [6.45, 7) is 1.85. The lowest BCUT2D eigenvalue weighted by Crippen LogP contribution is -2.19. The first-order chi connectivity index (χ1) is 10.2. The average Bonchev–Trinajstić information content (AvgIpc) is 3.02. The summed E-state index contributed by atoms with van der Waals surface area (Å²) in [5.74, 6) is 0.607. The number of benzene rings is 2. The quantitative estimate of drug-likeness (QED) is 0.917. The summed E-state index contributed by atoms with van der Waals surface area (Å²) in [5, 5.41) is 3.12. The molecule has 0 bridgehead atoms. The highest BCUT2D eigenvalue weighted by molar-refractivity contribution is 9.10. The Morgan fingerprint density at radius 3 is 2.81 bits per heavy atom. The van der Waals surface area contributed by atoms with Crippen molar-refractivity contribution in [2.75, 3.05) is 13.1 Å². The minimum Gasteiger partial charge on any atom is -0.486 e. The van der Waals surface area contributed by atoms with E-state index in [9.17, 15) is 4.39 Å². The first-order valence-corrected chi connectivity index (χ1v) is 7.48. The summed E-state index contributed by atoms with van der Waals surface area (Å²) >= 11 is 3.45. The van der Waals surface area contributed by atoms with E-state index in [-0.39, 0.29) is 11.6 Å². The van der Waals surface area contributed by atoms with Crippen LogP contribution in [0, 0.1) is 5.82 Å². The molecule has 0 saturated carbocycles. The summed E-state index contributed by atoms with van der Waals surface area (Å²) < 4.78 is 20.6. The minimum absolute atomic E-state index is 0.244. The SMILES string of the molecule is Fc1cc(C2=NCCN2)ccc1OCc1ccccc1Br. The second-order valence-corrected chi connectivity index (χ2v) is 5.54. The van der Waals surface area contributed by atoms with Crippen LogP contribution < -0.4 is 10.1 Å². The fourth-order valence-electron chi connectivity index (χ4n) is 2.13. The zero-order valence-corrected chi connectivity index (χ0v) is 12.9. The van der Waals surface area contributed by atoms with Crippen molar-refractivity contribution in [2.24, 2.45) is 4.99 Å². The molecule has 0 aromatic heterocycles. The van der Waals surface area contributed by atoms with Gasteiger partial charge in [-0.25, -0.2) is 4.39 Å². The van der Waals surface area contributed by atoms with Crippen LogP contribution in [0.15, 0.2) is 51.9 Å². The van der Waals surface area contributed by atoms with Crippen LogP contribution in [0.25, 0.3) is 0 Å². The molecule has 108 valence electrons. The third-order valence-corrected chi connectivity index (χ3v) is 3.99. The second-order valence-electron chi connectivity index (χ2n) is 4.68. The molecule has 1 N–H and O–H groups in total. The van der Waals surface area contributed by atoms with Crippen LogP contribution >= 0.6 is 15.9 Å². The summed E-state index contributed by atoms with van der Waals surface area (Å²) in [6, 6.07) is 12.6. The predicted molar refractivity (Wildman–Crippen MR) is 84.3 cm³/mol. The predicted octanol–water partition coefficient (Wildman–Crippen LogP) is 3.52. The van der Waals surface area contributed by atoms with Crippen molar-refractivity contribution in [3.8, 4) is 5.75 Å². The van der Waals surface area contributed by atoms with Gasteiger partial charge >= 0.3 is 0 Å². The average molecular weight is 349 g/mol. The fraction of sp³-hybridized carbons (Fsp3) is 0.188. The van der Waals surface area contributed by atoms with E-state index in [1.807, 2.05) is 30.3 Å². The summed E-state index contributed by atoms with van der Waals surface area (Å²) in [5.41, 5.74) is 1.72. The molecule has 3 rings (SSSR count). The van der Waals surface area contributed by atoms with Gasteiger partial charge in [0, 0.05) is 22.1 Å². The van der Waals surface area contributed by atoms with Crippen molar-refractivity contribution >= 4 is 21.8 Å². The number of hydrogen-bond donors (Lipinski definition) is 1. The molecule has 0 spiro atoms. The molecule has 2 aromatic rings. The van der Waals surface area contributed by atoms with Crippen LogP contribution in [0.5, 0.6) is 5.75 Å². The second kappa shape index (κ2) is 6.26. The molecular formula is C16H14BrFN2O. The summed E-state index contributed by atoms with van der Waals surface area (Å²) in [4.78, 5) is 4.27. The molecule has 0 aliphatic carbocycles. The van der Waals surface area contributed by atoms with Crippen molar-refractivity contribution in [3.05, 3.63) is 63.9 Å². The largest absolute Gasteiger partial charge is 0.486 e. The normalized spacial score (nSPS) is 13.7. The molecule has 2 aromatic carbocycles. The van der Waals surface area contributed by atoms with Crippen LogP contribution in [0.4, 0.5) is 4.39 Å². The Hall–Kier alpha value is -1.88. The van der Waals surface area contributed by atoms with E-state index in [0.717, 1.165) is 34.5 Å². The maximum Gasteiger partial charge on any atom is 0.165 e. The number of amidine groups is 1. The molecule has 0 amide bonds. The number of nitrogens with zero attached hydrogens (tertiary/aromatic N) is 1. The zero-order valence-electron chi connectivity index (χ0n) is 11.3. The van der Waals surface area contributed by atoms with Crippen LogP contribution in [0.2, 0.25) is 0 Å². The van der Waals surface area contributed by atoms with Crippen LogP contribution in [0.1, 0.15) is 11.1 Å². The summed E-state index contributed by atoms with van der Waals surface area (Å²) in [7, 11) is 0.